The van der Waals surface area contributed by atoms with E-state index in [1.54, 1.807) is 6.20 Å². The van der Waals surface area contributed by atoms with Gasteiger partial charge in [0.25, 0.3) is 0 Å². The van der Waals surface area contributed by atoms with Gasteiger partial charge in [-0.15, -0.1) is 0 Å². The lowest BCUT2D eigenvalue weighted by Gasteiger charge is -2.29. The third kappa shape index (κ3) is 3.57. The van der Waals surface area contributed by atoms with Gasteiger partial charge in [-0.25, -0.2) is 4.98 Å². The third-order valence-corrected chi connectivity index (χ3v) is 3.77. The van der Waals surface area contributed by atoms with Crippen LogP contribution in [-0.4, -0.2) is 31.2 Å². The first kappa shape index (κ1) is 13.1. The molecule has 1 aromatic rings. The van der Waals surface area contributed by atoms with E-state index in [0.717, 1.165) is 23.4 Å². The number of anilines is 1. The average molecular weight is 319 g/mol. The molecule has 1 fully saturated rings. The van der Waals surface area contributed by atoms with Gasteiger partial charge in [-0.05, 0) is 41.4 Å². The minimum atomic E-state index is 0.551. The van der Waals surface area contributed by atoms with E-state index in [1.807, 2.05) is 13.1 Å². The molecule has 1 aliphatic heterocycles. The Bertz CT molecular complexity index is 380. The number of nitrogens with one attached hydrogen (secondary N) is 1. The van der Waals surface area contributed by atoms with Crippen LogP contribution in [-0.2, 0) is 0 Å². The Balaban J connectivity index is 2.00. The smallest absolute Gasteiger partial charge is 0.147 e. The molecule has 0 amide bonds. The van der Waals surface area contributed by atoms with Crippen LogP contribution >= 0.6 is 27.5 Å². The molecule has 17 heavy (non-hydrogen) atoms. The van der Waals surface area contributed by atoms with Crippen LogP contribution in [0.25, 0.3) is 0 Å². The van der Waals surface area contributed by atoms with Crippen LogP contribution in [0.4, 0.5) is 5.82 Å². The van der Waals surface area contributed by atoms with Gasteiger partial charge in [0.1, 0.15) is 5.82 Å². The lowest BCUT2D eigenvalue weighted by Crippen LogP contribution is -2.42. The molecule has 0 spiro atoms. The first-order valence-electron chi connectivity index (χ1n) is 5.92. The quantitative estimate of drug-likeness (QED) is 0.928. The molecule has 0 aromatic carbocycles. The second-order valence-corrected chi connectivity index (χ2v) is 5.81. The molecule has 1 N–H and O–H groups in total. The Kier molecular flexibility index (Phi) is 4.65. The van der Waals surface area contributed by atoms with Crippen molar-refractivity contribution in [1.82, 2.24) is 10.3 Å². The summed E-state index contributed by atoms with van der Waals surface area (Å²) in [7, 11) is 2.04. The summed E-state index contributed by atoms with van der Waals surface area (Å²) in [6, 6.07) is 2.43. The summed E-state index contributed by atoms with van der Waals surface area (Å²) < 4.78 is 0.912. The number of pyridine rings is 1. The maximum Gasteiger partial charge on any atom is 0.147 e. The van der Waals surface area contributed by atoms with E-state index in [0.29, 0.717) is 11.1 Å². The Morgan fingerprint density at radius 2 is 2.41 bits per heavy atom. The standard InChI is InChI=1S/C12H17BrClN3/c1-17(8-10-4-2-3-5-15-10)12-11(14)6-9(13)7-16-12/h6-7,10,15H,2-5,8H2,1H3. The summed E-state index contributed by atoms with van der Waals surface area (Å²) in [4.78, 5) is 6.49. The molecule has 94 valence electrons. The van der Waals surface area contributed by atoms with Gasteiger partial charge in [0.15, 0.2) is 0 Å². The fourth-order valence-electron chi connectivity index (χ4n) is 2.19. The van der Waals surface area contributed by atoms with Crippen molar-refractivity contribution in [3.63, 3.8) is 0 Å². The highest BCUT2D eigenvalue weighted by Gasteiger charge is 2.16. The summed E-state index contributed by atoms with van der Waals surface area (Å²) in [5.74, 6) is 0.849. The number of hydrogen-bond donors (Lipinski definition) is 1. The fraction of sp³-hybridized carbons (Fsp3) is 0.583. The first-order valence-corrected chi connectivity index (χ1v) is 7.09. The van der Waals surface area contributed by atoms with Crippen LogP contribution in [0.2, 0.25) is 5.02 Å². The van der Waals surface area contributed by atoms with Crippen LogP contribution < -0.4 is 10.2 Å². The Morgan fingerprint density at radius 3 is 3.06 bits per heavy atom. The molecular weight excluding hydrogens is 302 g/mol. The van der Waals surface area contributed by atoms with Crippen molar-refractivity contribution < 1.29 is 0 Å². The van der Waals surface area contributed by atoms with Gasteiger partial charge in [0, 0.05) is 30.3 Å². The minimum absolute atomic E-state index is 0.551. The fourth-order valence-corrected chi connectivity index (χ4v) is 2.96. The second kappa shape index (κ2) is 6.03. The van der Waals surface area contributed by atoms with E-state index < -0.39 is 0 Å². The normalized spacial score (nSPS) is 20.3. The molecule has 0 saturated carbocycles. The zero-order valence-electron chi connectivity index (χ0n) is 9.92. The van der Waals surface area contributed by atoms with Crippen LogP contribution in [0.5, 0.6) is 0 Å². The van der Waals surface area contributed by atoms with E-state index in [4.69, 9.17) is 11.6 Å². The molecule has 1 aliphatic rings. The maximum absolute atomic E-state index is 6.19. The van der Waals surface area contributed by atoms with Gasteiger partial charge in [0.05, 0.1) is 5.02 Å². The highest BCUT2D eigenvalue weighted by atomic mass is 79.9. The molecule has 1 unspecified atom stereocenters. The molecular formula is C12H17BrClN3. The predicted molar refractivity (Wildman–Crippen MR) is 75.9 cm³/mol. The average Bonchev–Trinajstić information content (AvgIpc) is 2.30. The number of piperidine rings is 1. The van der Waals surface area contributed by atoms with Crippen molar-refractivity contribution in [1.29, 1.82) is 0 Å². The summed E-state index contributed by atoms with van der Waals surface area (Å²) in [6.07, 6.45) is 5.62. The zero-order chi connectivity index (χ0) is 12.3. The summed E-state index contributed by atoms with van der Waals surface area (Å²) in [5.41, 5.74) is 0. The molecule has 5 heteroatoms. The van der Waals surface area contributed by atoms with Crippen molar-refractivity contribution in [3.05, 3.63) is 21.8 Å². The Labute approximate surface area is 116 Å². The van der Waals surface area contributed by atoms with E-state index >= 15 is 0 Å². The van der Waals surface area contributed by atoms with Gasteiger partial charge in [0.2, 0.25) is 0 Å². The topological polar surface area (TPSA) is 28.2 Å². The van der Waals surface area contributed by atoms with E-state index in [-0.39, 0.29) is 0 Å². The van der Waals surface area contributed by atoms with Gasteiger partial charge in [-0.2, -0.15) is 0 Å². The van der Waals surface area contributed by atoms with Crippen molar-refractivity contribution in [2.24, 2.45) is 0 Å². The highest BCUT2D eigenvalue weighted by Crippen LogP contribution is 2.25. The number of nitrogens with zero attached hydrogens (tertiary/aromatic N) is 2. The second-order valence-electron chi connectivity index (χ2n) is 4.49. The molecule has 0 radical (unpaired) electrons. The van der Waals surface area contributed by atoms with Crippen LogP contribution in [0, 0.1) is 0 Å². The number of hydrogen-bond acceptors (Lipinski definition) is 3. The Hall–Kier alpha value is -0.320. The number of likely N-dealkylation sites (N-methyl/N-ethyl adjacent to an activating group) is 1. The lowest BCUT2D eigenvalue weighted by molar-refractivity contribution is 0.403. The van der Waals surface area contributed by atoms with Crippen LogP contribution in [0.15, 0.2) is 16.7 Å². The maximum atomic E-state index is 6.19. The SMILES string of the molecule is CN(CC1CCCCN1)c1ncc(Br)cc1Cl. The number of rotatable bonds is 3. The van der Waals surface area contributed by atoms with Gasteiger partial charge >= 0.3 is 0 Å². The van der Waals surface area contributed by atoms with Crippen molar-refractivity contribution in [2.45, 2.75) is 25.3 Å². The van der Waals surface area contributed by atoms with Crippen molar-refractivity contribution in [2.75, 3.05) is 25.0 Å². The molecule has 0 bridgehead atoms. The molecule has 0 aliphatic carbocycles. The molecule has 2 heterocycles. The third-order valence-electron chi connectivity index (χ3n) is 3.06. The lowest BCUT2D eigenvalue weighted by atomic mass is 10.0. The molecule has 1 atom stereocenters. The summed E-state index contributed by atoms with van der Waals surface area (Å²) in [5, 5.41) is 4.22. The molecule has 1 aromatic heterocycles. The summed E-state index contributed by atoms with van der Waals surface area (Å²) in [6.45, 7) is 2.08. The van der Waals surface area contributed by atoms with Crippen LogP contribution in [0.1, 0.15) is 19.3 Å². The Morgan fingerprint density at radius 1 is 1.59 bits per heavy atom. The highest BCUT2D eigenvalue weighted by molar-refractivity contribution is 9.10. The largest absolute Gasteiger partial charge is 0.357 e. The van der Waals surface area contributed by atoms with E-state index in [1.165, 1.54) is 19.3 Å². The molecule has 1 saturated heterocycles. The molecule has 2 rings (SSSR count). The van der Waals surface area contributed by atoms with Gasteiger partial charge in [-0.3, -0.25) is 0 Å². The summed E-state index contributed by atoms with van der Waals surface area (Å²) >= 11 is 9.55. The van der Waals surface area contributed by atoms with Crippen molar-refractivity contribution in [3.8, 4) is 0 Å². The first-order chi connectivity index (χ1) is 8.16. The van der Waals surface area contributed by atoms with Gasteiger partial charge < -0.3 is 10.2 Å². The molecule has 3 nitrogen and oxygen atoms in total. The van der Waals surface area contributed by atoms with Crippen LogP contribution in [0.3, 0.4) is 0 Å². The monoisotopic (exact) mass is 317 g/mol. The van der Waals surface area contributed by atoms with E-state index in [9.17, 15) is 0 Å². The number of aromatic nitrogens is 1. The zero-order valence-corrected chi connectivity index (χ0v) is 12.3. The van der Waals surface area contributed by atoms with Crippen molar-refractivity contribution >= 4 is 33.3 Å². The number of halogens is 2. The minimum Gasteiger partial charge on any atom is -0.357 e. The van der Waals surface area contributed by atoms with E-state index in [2.05, 4.69) is 31.1 Å². The van der Waals surface area contributed by atoms with Gasteiger partial charge in [-0.1, -0.05) is 18.0 Å². The predicted octanol–water partition coefficient (Wildman–Crippen LogP) is 3.08.